The molecule has 2 rings (SSSR count). The highest BCUT2D eigenvalue weighted by Crippen LogP contribution is 2.20. The smallest absolute Gasteiger partial charge is 0.257 e. The van der Waals surface area contributed by atoms with Gasteiger partial charge in [-0.2, -0.15) is 0 Å². The fraction of sp³-hybridized carbons (Fsp3) is 0.600. The maximum Gasteiger partial charge on any atom is 0.257 e. The quantitative estimate of drug-likeness (QED) is 0.878. The van der Waals surface area contributed by atoms with Crippen molar-refractivity contribution in [3.8, 4) is 0 Å². The molecule has 21 heavy (non-hydrogen) atoms. The number of likely N-dealkylation sites (N-methyl/N-ethyl adjacent to an activating group) is 1. The fourth-order valence-electron chi connectivity index (χ4n) is 2.52. The van der Waals surface area contributed by atoms with Gasteiger partial charge in [-0.1, -0.05) is 0 Å². The Morgan fingerprint density at radius 1 is 1.43 bits per heavy atom. The lowest BCUT2D eigenvalue weighted by atomic mass is 10.0. The number of hydrogen-bond acceptors (Lipinski definition) is 4. The van der Waals surface area contributed by atoms with Crippen LogP contribution in [0.2, 0.25) is 0 Å². The SMILES string of the molecule is CN(C)CCNC(=O)C1CCCCN1C(=O)c1ccoc1. The van der Waals surface area contributed by atoms with E-state index < -0.39 is 0 Å². The van der Waals surface area contributed by atoms with Gasteiger partial charge in [0, 0.05) is 19.6 Å². The highest BCUT2D eigenvalue weighted by molar-refractivity contribution is 5.97. The van der Waals surface area contributed by atoms with E-state index in [0.717, 1.165) is 25.8 Å². The Labute approximate surface area is 125 Å². The summed E-state index contributed by atoms with van der Waals surface area (Å²) in [7, 11) is 3.92. The van der Waals surface area contributed by atoms with Gasteiger partial charge in [-0.3, -0.25) is 9.59 Å². The van der Waals surface area contributed by atoms with E-state index in [2.05, 4.69) is 5.32 Å². The van der Waals surface area contributed by atoms with Crippen LogP contribution in [0.25, 0.3) is 0 Å². The van der Waals surface area contributed by atoms with Crippen molar-refractivity contribution in [3.05, 3.63) is 24.2 Å². The maximum atomic E-state index is 12.4. The molecule has 1 atom stereocenters. The summed E-state index contributed by atoms with van der Waals surface area (Å²) < 4.78 is 4.96. The predicted octanol–water partition coefficient (Wildman–Crippen LogP) is 0.952. The Morgan fingerprint density at radius 3 is 2.90 bits per heavy atom. The summed E-state index contributed by atoms with van der Waals surface area (Å²) >= 11 is 0. The van der Waals surface area contributed by atoms with Crippen molar-refractivity contribution in [1.82, 2.24) is 15.1 Å². The van der Waals surface area contributed by atoms with Crippen molar-refractivity contribution in [2.75, 3.05) is 33.7 Å². The second kappa shape index (κ2) is 7.26. The zero-order valence-electron chi connectivity index (χ0n) is 12.7. The molecule has 2 heterocycles. The molecule has 116 valence electrons. The molecule has 1 N–H and O–H groups in total. The molecule has 2 amide bonds. The van der Waals surface area contributed by atoms with Gasteiger partial charge in [-0.25, -0.2) is 0 Å². The summed E-state index contributed by atoms with van der Waals surface area (Å²) in [5.74, 6) is -0.190. The molecule has 1 aromatic rings. The van der Waals surface area contributed by atoms with Crippen molar-refractivity contribution in [3.63, 3.8) is 0 Å². The molecule has 1 aliphatic heterocycles. The lowest BCUT2D eigenvalue weighted by Crippen LogP contribution is -2.52. The average molecular weight is 293 g/mol. The number of furan rings is 1. The van der Waals surface area contributed by atoms with Crippen LogP contribution in [0.3, 0.4) is 0 Å². The van der Waals surface area contributed by atoms with E-state index in [1.54, 1.807) is 11.0 Å². The lowest BCUT2D eigenvalue weighted by molar-refractivity contribution is -0.126. The highest BCUT2D eigenvalue weighted by Gasteiger charge is 2.32. The molecule has 1 aliphatic rings. The summed E-state index contributed by atoms with van der Waals surface area (Å²) in [6, 6.07) is 1.26. The van der Waals surface area contributed by atoms with Crippen LogP contribution >= 0.6 is 0 Å². The molecule has 1 fully saturated rings. The van der Waals surface area contributed by atoms with Crippen LogP contribution in [0, 0.1) is 0 Å². The second-order valence-electron chi connectivity index (χ2n) is 5.62. The standard InChI is InChI=1S/C15H23N3O3/c1-17(2)9-7-16-14(19)13-5-3-4-8-18(13)15(20)12-6-10-21-11-12/h6,10-11,13H,3-5,7-9H2,1-2H3,(H,16,19). The molecule has 6 nitrogen and oxygen atoms in total. The summed E-state index contributed by atoms with van der Waals surface area (Å²) in [6.07, 6.45) is 5.53. The number of rotatable bonds is 5. The van der Waals surface area contributed by atoms with Gasteiger partial charge in [0.25, 0.3) is 5.91 Å². The molecule has 0 aromatic carbocycles. The molecule has 0 aliphatic carbocycles. The van der Waals surface area contributed by atoms with E-state index in [9.17, 15) is 9.59 Å². The minimum absolute atomic E-state index is 0.0617. The maximum absolute atomic E-state index is 12.4. The van der Waals surface area contributed by atoms with Crippen LogP contribution in [0.5, 0.6) is 0 Å². The molecule has 1 saturated heterocycles. The molecular formula is C15H23N3O3. The number of carbonyl (C=O) groups is 2. The monoisotopic (exact) mass is 293 g/mol. The molecule has 0 saturated carbocycles. The van der Waals surface area contributed by atoms with E-state index in [1.165, 1.54) is 12.5 Å². The molecule has 1 unspecified atom stereocenters. The number of piperidine rings is 1. The molecular weight excluding hydrogens is 270 g/mol. The second-order valence-corrected chi connectivity index (χ2v) is 5.62. The van der Waals surface area contributed by atoms with Crippen LogP contribution in [0.4, 0.5) is 0 Å². The minimum Gasteiger partial charge on any atom is -0.472 e. The van der Waals surface area contributed by atoms with Gasteiger partial charge >= 0.3 is 0 Å². The van der Waals surface area contributed by atoms with E-state index in [4.69, 9.17) is 4.42 Å². The molecule has 0 spiro atoms. The van der Waals surface area contributed by atoms with Gasteiger partial charge in [0.2, 0.25) is 5.91 Å². The normalized spacial score (nSPS) is 18.8. The van der Waals surface area contributed by atoms with Crippen LogP contribution in [0.1, 0.15) is 29.6 Å². The van der Waals surface area contributed by atoms with Crippen molar-refractivity contribution in [2.24, 2.45) is 0 Å². The first-order valence-electron chi connectivity index (χ1n) is 7.35. The molecule has 0 bridgehead atoms. The molecule has 6 heteroatoms. The zero-order chi connectivity index (χ0) is 15.2. The van der Waals surface area contributed by atoms with Crippen molar-refractivity contribution in [2.45, 2.75) is 25.3 Å². The van der Waals surface area contributed by atoms with Gasteiger partial charge in [0.1, 0.15) is 12.3 Å². The first kappa shape index (κ1) is 15.6. The summed E-state index contributed by atoms with van der Waals surface area (Å²) in [6.45, 7) is 2.00. The Morgan fingerprint density at radius 2 is 2.24 bits per heavy atom. The van der Waals surface area contributed by atoms with E-state index in [-0.39, 0.29) is 17.9 Å². The summed E-state index contributed by atoms with van der Waals surface area (Å²) in [4.78, 5) is 28.4. The van der Waals surface area contributed by atoms with Gasteiger partial charge in [-0.15, -0.1) is 0 Å². The third-order valence-corrected chi connectivity index (χ3v) is 3.69. The van der Waals surface area contributed by atoms with Crippen molar-refractivity contribution in [1.29, 1.82) is 0 Å². The van der Waals surface area contributed by atoms with Gasteiger partial charge < -0.3 is 19.5 Å². The van der Waals surface area contributed by atoms with E-state index in [1.807, 2.05) is 19.0 Å². The first-order valence-corrected chi connectivity index (χ1v) is 7.35. The zero-order valence-corrected chi connectivity index (χ0v) is 12.7. The van der Waals surface area contributed by atoms with E-state index >= 15 is 0 Å². The van der Waals surface area contributed by atoms with Crippen LogP contribution in [-0.4, -0.2) is 61.4 Å². The average Bonchev–Trinajstić information content (AvgIpc) is 3.00. The predicted molar refractivity (Wildman–Crippen MR) is 78.9 cm³/mol. The Bertz CT molecular complexity index is 471. The largest absolute Gasteiger partial charge is 0.472 e. The number of carbonyl (C=O) groups excluding carboxylic acids is 2. The Hall–Kier alpha value is -1.82. The van der Waals surface area contributed by atoms with Crippen LogP contribution in [-0.2, 0) is 4.79 Å². The van der Waals surface area contributed by atoms with Crippen LogP contribution in [0.15, 0.2) is 23.0 Å². The van der Waals surface area contributed by atoms with Gasteiger partial charge in [0.15, 0.2) is 0 Å². The summed E-state index contributed by atoms with van der Waals surface area (Å²) in [5, 5.41) is 2.92. The summed E-state index contributed by atoms with van der Waals surface area (Å²) in [5.41, 5.74) is 0.503. The fourth-order valence-corrected chi connectivity index (χ4v) is 2.52. The lowest BCUT2D eigenvalue weighted by Gasteiger charge is -2.34. The number of nitrogens with one attached hydrogen (secondary N) is 1. The van der Waals surface area contributed by atoms with Gasteiger partial charge in [0.05, 0.1) is 11.8 Å². The topological polar surface area (TPSA) is 65.8 Å². The molecule has 1 aromatic heterocycles. The third kappa shape index (κ3) is 4.07. The third-order valence-electron chi connectivity index (χ3n) is 3.69. The van der Waals surface area contributed by atoms with Crippen molar-refractivity contribution >= 4 is 11.8 Å². The number of amides is 2. The van der Waals surface area contributed by atoms with Crippen LogP contribution < -0.4 is 5.32 Å². The van der Waals surface area contributed by atoms with Crippen molar-refractivity contribution < 1.29 is 14.0 Å². The Kier molecular flexibility index (Phi) is 5.38. The number of hydrogen-bond donors (Lipinski definition) is 1. The minimum atomic E-state index is -0.372. The highest BCUT2D eigenvalue weighted by atomic mass is 16.3. The van der Waals surface area contributed by atoms with Gasteiger partial charge in [-0.05, 0) is 39.4 Å². The van der Waals surface area contributed by atoms with E-state index in [0.29, 0.717) is 18.7 Å². The first-order chi connectivity index (χ1) is 10.1. The Balaban J connectivity index is 1.98. The number of nitrogens with zero attached hydrogens (tertiary/aromatic N) is 2. The molecule has 0 radical (unpaired) electrons. The number of likely N-dealkylation sites (tertiary alicyclic amines) is 1.